The van der Waals surface area contributed by atoms with Crippen LogP contribution in [0.5, 0.6) is 0 Å². The van der Waals surface area contributed by atoms with Crippen LogP contribution < -0.4 is 0 Å². The van der Waals surface area contributed by atoms with Crippen LogP contribution in [0.15, 0.2) is 0 Å². The lowest BCUT2D eigenvalue weighted by atomic mass is 10.1. The molecule has 0 unspecified atom stereocenters. The van der Waals surface area contributed by atoms with Crippen LogP contribution in [-0.4, -0.2) is 24.6 Å². The van der Waals surface area contributed by atoms with Gasteiger partial charge in [-0.15, -0.1) is 0 Å². The van der Waals surface area contributed by atoms with Crippen molar-refractivity contribution in [2.75, 3.05) is 24.6 Å². The molecule has 0 aliphatic rings. The van der Waals surface area contributed by atoms with Crippen molar-refractivity contribution in [3.8, 4) is 0 Å². The lowest BCUT2D eigenvalue weighted by Crippen LogP contribution is -2.13. The van der Waals surface area contributed by atoms with E-state index in [0.29, 0.717) is 0 Å². The van der Waals surface area contributed by atoms with Gasteiger partial charge in [-0.1, -0.05) is 130 Å². The summed E-state index contributed by atoms with van der Waals surface area (Å²) < 4.78 is 0. The zero-order valence-electron chi connectivity index (χ0n) is 24.2. The summed E-state index contributed by atoms with van der Waals surface area (Å²) in [5, 5.41) is 0. The molecule has 0 nitrogen and oxygen atoms in total. The van der Waals surface area contributed by atoms with Crippen molar-refractivity contribution >= 4 is 7.26 Å². The van der Waals surface area contributed by atoms with Gasteiger partial charge in [-0.2, -0.15) is 0 Å². The van der Waals surface area contributed by atoms with E-state index < -0.39 is 7.26 Å². The van der Waals surface area contributed by atoms with E-state index in [4.69, 9.17) is 0 Å². The molecule has 0 aliphatic carbocycles. The Morgan fingerprint density at radius 3 is 0.667 bits per heavy atom. The second kappa shape index (κ2) is 27.0. The standard InChI is InChI=1S/C32H68P/c1-5-9-13-17-19-21-23-27-31-33(29-25-15-11-7-3,30-26-16-12-8-4)32-28-24-22-20-18-14-10-6-2/h5-32H2,1-4H3/q+1. The molecular weight excluding hydrogens is 415 g/mol. The Labute approximate surface area is 213 Å². The van der Waals surface area contributed by atoms with Crippen LogP contribution in [0.4, 0.5) is 0 Å². The highest BCUT2D eigenvalue weighted by molar-refractivity contribution is 7.75. The van der Waals surface area contributed by atoms with Crippen molar-refractivity contribution < 1.29 is 0 Å². The first-order valence-electron chi connectivity index (χ1n) is 16.1. The number of rotatable bonds is 28. The van der Waals surface area contributed by atoms with Gasteiger partial charge in [0.1, 0.15) is 0 Å². The van der Waals surface area contributed by atoms with Crippen LogP contribution in [0.2, 0.25) is 0 Å². The van der Waals surface area contributed by atoms with Gasteiger partial charge in [0.2, 0.25) is 0 Å². The molecule has 0 rings (SSSR count). The van der Waals surface area contributed by atoms with Crippen molar-refractivity contribution in [1.82, 2.24) is 0 Å². The third kappa shape index (κ3) is 22.6. The maximum Gasteiger partial charge on any atom is 0.0594 e. The summed E-state index contributed by atoms with van der Waals surface area (Å²) in [6.07, 6.45) is 42.1. The van der Waals surface area contributed by atoms with Crippen LogP contribution in [0.25, 0.3) is 0 Å². The van der Waals surface area contributed by atoms with Crippen LogP contribution in [0.1, 0.15) is 182 Å². The second-order valence-electron chi connectivity index (χ2n) is 11.3. The van der Waals surface area contributed by atoms with Crippen LogP contribution in [-0.2, 0) is 0 Å². The number of hydrogen-bond acceptors (Lipinski definition) is 0. The maximum atomic E-state index is 2.37. The lowest BCUT2D eigenvalue weighted by molar-refractivity contribution is 0.582. The molecule has 33 heavy (non-hydrogen) atoms. The Hall–Kier alpha value is 0.430. The highest BCUT2D eigenvalue weighted by Gasteiger charge is 2.34. The number of hydrogen-bond donors (Lipinski definition) is 0. The fourth-order valence-corrected chi connectivity index (χ4v) is 10.5. The van der Waals surface area contributed by atoms with Gasteiger partial charge in [0.25, 0.3) is 0 Å². The van der Waals surface area contributed by atoms with Crippen molar-refractivity contribution in [1.29, 1.82) is 0 Å². The van der Waals surface area contributed by atoms with Gasteiger partial charge in [0, 0.05) is 7.26 Å². The predicted octanol–water partition coefficient (Wildman–Crippen LogP) is 12.4. The van der Waals surface area contributed by atoms with E-state index in [1.54, 1.807) is 50.3 Å². The quantitative estimate of drug-likeness (QED) is 0.0766. The molecule has 0 heterocycles. The van der Waals surface area contributed by atoms with E-state index in [-0.39, 0.29) is 0 Å². The largest absolute Gasteiger partial charge is 0.0654 e. The molecule has 0 aromatic heterocycles. The maximum absolute atomic E-state index is 2.37. The van der Waals surface area contributed by atoms with Gasteiger partial charge in [0.15, 0.2) is 0 Å². The molecule has 200 valence electrons. The average molecular weight is 484 g/mol. The van der Waals surface area contributed by atoms with E-state index in [0.717, 1.165) is 0 Å². The molecule has 0 aromatic rings. The summed E-state index contributed by atoms with van der Waals surface area (Å²) in [6, 6.07) is 0. The monoisotopic (exact) mass is 484 g/mol. The van der Waals surface area contributed by atoms with Crippen molar-refractivity contribution in [2.24, 2.45) is 0 Å². The Balaban J connectivity index is 4.58. The summed E-state index contributed by atoms with van der Waals surface area (Å²) >= 11 is 0. The highest BCUT2D eigenvalue weighted by Crippen LogP contribution is 2.61. The van der Waals surface area contributed by atoms with Crippen LogP contribution in [0.3, 0.4) is 0 Å². The fraction of sp³-hybridized carbons (Fsp3) is 1.00. The van der Waals surface area contributed by atoms with Crippen molar-refractivity contribution in [3.05, 3.63) is 0 Å². The minimum atomic E-state index is -0.709. The first-order valence-corrected chi connectivity index (χ1v) is 18.6. The average Bonchev–Trinajstić information content (AvgIpc) is 2.83. The van der Waals surface area contributed by atoms with E-state index in [9.17, 15) is 0 Å². The summed E-state index contributed by atoms with van der Waals surface area (Å²) in [6.45, 7) is 9.40. The SMILES string of the molecule is CCCCCCCCCC[P+](CCCCCC)(CCCCCC)CCCCCCCCCC. The fourth-order valence-electron chi connectivity index (χ4n) is 5.58. The third-order valence-electron chi connectivity index (χ3n) is 7.94. The van der Waals surface area contributed by atoms with Gasteiger partial charge in [-0.25, -0.2) is 0 Å². The van der Waals surface area contributed by atoms with Gasteiger partial charge in [-0.3, -0.25) is 0 Å². The molecule has 0 aromatic carbocycles. The molecule has 0 fully saturated rings. The molecular formula is C32H68P+. The van der Waals surface area contributed by atoms with Gasteiger partial charge in [-0.05, 0) is 51.4 Å². The Morgan fingerprint density at radius 1 is 0.242 bits per heavy atom. The Morgan fingerprint density at radius 2 is 0.424 bits per heavy atom. The lowest BCUT2D eigenvalue weighted by Gasteiger charge is -2.28. The van der Waals surface area contributed by atoms with Crippen molar-refractivity contribution in [2.45, 2.75) is 182 Å². The van der Waals surface area contributed by atoms with E-state index in [1.165, 1.54) is 128 Å². The molecule has 0 aliphatic heterocycles. The van der Waals surface area contributed by atoms with E-state index in [1.807, 2.05) is 0 Å². The van der Waals surface area contributed by atoms with E-state index >= 15 is 0 Å². The molecule has 1 heteroatoms. The summed E-state index contributed by atoms with van der Waals surface area (Å²) in [7, 11) is -0.709. The zero-order valence-corrected chi connectivity index (χ0v) is 25.1. The Kier molecular flexibility index (Phi) is 27.4. The van der Waals surface area contributed by atoms with E-state index in [2.05, 4.69) is 27.7 Å². The molecule has 0 radical (unpaired) electrons. The smallest absolute Gasteiger partial charge is 0.0594 e. The predicted molar refractivity (Wildman–Crippen MR) is 160 cm³/mol. The molecule has 0 saturated heterocycles. The molecule has 0 N–H and O–H groups in total. The molecule has 0 amide bonds. The molecule has 0 saturated carbocycles. The van der Waals surface area contributed by atoms with Crippen LogP contribution >= 0.6 is 7.26 Å². The first kappa shape index (κ1) is 33.4. The summed E-state index contributed by atoms with van der Waals surface area (Å²) in [5.41, 5.74) is 0. The van der Waals surface area contributed by atoms with Gasteiger partial charge < -0.3 is 0 Å². The van der Waals surface area contributed by atoms with Gasteiger partial charge >= 0.3 is 0 Å². The van der Waals surface area contributed by atoms with Crippen molar-refractivity contribution in [3.63, 3.8) is 0 Å². The minimum Gasteiger partial charge on any atom is -0.0654 e. The number of unbranched alkanes of at least 4 members (excludes halogenated alkanes) is 20. The molecule has 0 spiro atoms. The normalized spacial score (nSPS) is 12.0. The highest BCUT2D eigenvalue weighted by atomic mass is 31.2. The minimum absolute atomic E-state index is 0.709. The third-order valence-corrected chi connectivity index (χ3v) is 13.0. The molecule has 0 atom stereocenters. The van der Waals surface area contributed by atoms with Crippen LogP contribution in [0, 0.1) is 0 Å². The summed E-state index contributed by atoms with van der Waals surface area (Å²) in [4.78, 5) is 0. The van der Waals surface area contributed by atoms with Gasteiger partial charge in [0.05, 0.1) is 24.6 Å². The summed E-state index contributed by atoms with van der Waals surface area (Å²) in [5.74, 6) is 0. The topological polar surface area (TPSA) is 0 Å². The zero-order chi connectivity index (χ0) is 24.3. The molecule has 0 bridgehead atoms. The first-order chi connectivity index (χ1) is 16.2. The second-order valence-corrected chi connectivity index (χ2v) is 15.8. The Bertz CT molecular complexity index is 316.